The first-order valence-electron chi connectivity index (χ1n) is 8.01. The van der Waals surface area contributed by atoms with Crippen LogP contribution in [-0.2, 0) is 18.9 Å². The van der Waals surface area contributed by atoms with E-state index < -0.39 is 0 Å². The molecule has 3 heterocycles. The van der Waals surface area contributed by atoms with Crippen molar-refractivity contribution in [3.63, 3.8) is 0 Å². The molecule has 1 atom stereocenters. The number of anilines is 1. The molecule has 4 rings (SSSR count). The molecule has 0 saturated heterocycles. The molecule has 3 aromatic rings. The van der Waals surface area contributed by atoms with Crippen molar-refractivity contribution in [1.82, 2.24) is 14.3 Å². The average molecular weight is 354 g/mol. The van der Waals surface area contributed by atoms with Crippen LogP contribution in [0.4, 0.5) is 5.82 Å². The molecule has 6 nitrogen and oxygen atoms in total. The van der Waals surface area contributed by atoms with E-state index in [1.807, 2.05) is 37.3 Å². The van der Waals surface area contributed by atoms with E-state index in [0.717, 1.165) is 22.2 Å². The summed E-state index contributed by atoms with van der Waals surface area (Å²) >= 11 is 1.47. The minimum absolute atomic E-state index is 0.0419. The maximum atomic E-state index is 13.0. The molecule has 1 aliphatic rings. The van der Waals surface area contributed by atoms with Gasteiger partial charge in [0.1, 0.15) is 5.82 Å². The van der Waals surface area contributed by atoms with E-state index in [-0.39, 0.29) is 16.7 Å². The SMILES string of the molecule is Cc1nn(C)c2c1[C@@H](c1cc3ccccc3n(C)c1=O)SCC(=O)N2. The Morgan fingerprint density at radius 3 is 2.80 bits per heavy atom. The topological polar surface area (TPSA) is 68.9 Å². The highest BCUT2D eigenvalue weighted by Crippen LogP contribution is 2.42. The van der Waals surface area contributed by atoms with E-state index >= 15 is 0 Å². The number of rotatable bonds is 1. The number of benzene rings is 1. The molecule has 2 aromatic heterocycles. The molecule has 1 amide bonds. The Bertz CT molecular complexity index is 1070. The summed E-state index contributed by atoms with van der Waals surface area (Å²) in [6.45, 7) is 1.91. The number of carbonyl (C=O) groups excluding carboxylic acids is 1. The molecule has 7 heteroatoms. The first kappa shape index (κ1) is 16.0. The minimum Gasteiger partial charge on any atom is -0.311 e. The second kappa shape index (κ2) is 5.77. The van der Waals surface area contributed by atoms with E-state index in [4.69, 9.17) is 0 Å². The van der Waals surface area contributed by atoms with Crippen LogP contribution in [0.15, 0.2) is 35.1 Å². The lowest BCUT2D eigenvalue weighted by Gasteiger charge is -2.17. The Hall–Kier alpha value is -2.54. The fraction of sp³-hybridized carbons (Fsp3) is 0.278. The lowest BCUT2D eigenvalue weighted by atomic mass is 10.0. The van der Waals surface area contributed by atoms with Crippen molar-refractivity contribution in [3.05, 3.63) is 57.5 Å². The highest BCUT2D eigenvalue weighted by molar-refractivity contribution is 8.00. The number of hydrogen-bond acceptors (Lipinski definition) is 4. The lowest BCUT2D eigenvalue weighted by molar-refractivity contribution is -0.113. The van der Waals surface area contributed by atoms with E-state index in [2.05, 4.69) is 10.4 Å². The molecule has 0 bridgehead atoms. The van der Waals surface area contributed by atoms with Gasteiger partial charge >= 0.3 is 0 Å². The second-order valence-corrected chi connectivity index (χ2v) is 7.33. The quantitative estimate of drug-likeness (QED) is 0.728. The van der Waals surface area contributed by atoms with Gasteiger partial charge in [-0.3, -0.25) is 14.3 Å². The number of aromatic nitrogens is 3. The van der Waals surface area contributed by atoms with Crippen LogP contribution in [0, 0.1) is 6.92 Å². The number of aryl methyl sites for hydroxylation is 3. The average Bonchev–Trinajstić information content (AvgIpc) is 2.76. The molecule has 0 radical (unpaired) electrons. The predicted octanol–water partition coefficient (Wildman–Crippen LogP) is 2.36. The zero-order valence-electron chi connectivity index (χ0n) is 14.2. The first-order valence-corrected chi connectivity index (χ1v) is 9.06. The number of hydrogen-bond donors (Lipinski definition) is 1. The lowest BCUT2D eigenvalue weighted by Crippen LogP contribution is -2.23. The van der Waals surface area contributed by atoms with E-state index in [9.17, 15) is 9.59 Å². The Morgan fingerprint density at radius 2 is 2.00 bits per heavy atom. The van der Waals surface area contributed by atoms with Gasteiger partial charge in [0.05, 0.1) is 22.2 Å². The molecule has 1 aromatic carbocycles. The largest absolute Gasteiger partial charge is 0.311 e. The maximum Gasteiger partial charge on any atom is 0.255 e. The van der Waals surface area contributed by atoms with Gasteiger partial charge in [0.15, 0.2) is 0 Å². The van der Waals surface area contributed by atoms with Gasteiger partial charge in [-0.15, -0.1) is 11.8 Å². The van der Waals surface area contributed by atoms with Gasteiger partial charge in [-0.25, -0.2) is 0 Å². The van der Waals surface area contributed by atoms with Crippen molar-refractivity contribution in [3.8, 4) is 0 Å². The number of fused-ring (bicyclic) bond motifs is 2. The monoisotopic (exact) mass is 354 g/mol. The van der Waals surface area contributed by atoms with Gasteiger partial charge in [0, 0.05) is 25.2 Å². The molecule has 25 heavy (non-hydrogen) atoms. The van der Waals surface area contributed by atoms with Crippen molar-refractivity contribution >= 4 is 34.4 Å². The number of amides is 1. The summed E-state index contributed by atoms with van der Waals surface area (Å²) in [5, 5.41) is 8.13. The third-order valence-corrected chi connectivity index (χ3v) is 5.86. The molecule has 0 fully saturated rings. The predicted molar refractivity (Wildman–Crippen MR) is 100 cm³/mol. The third kappa shape index (κ3) is 2.46. The van der Waals surface area contributed by atoms with E-state index in [0.29, 0.717) is 17.1 Å². The van der Waals surface area contributed by atoms with Crippen LogP contribution in [0.1, 0.15) is 22.1 Å². The fourth-order valence-electron chi connectivity index (χ4n) is 3.43. The van der Waals surface area contributed by atoms with Crippen molar-refractivity contribution in [2.45, 2.75) is 12.2 Å². The van der Waals surface area contributed by atoms with Gasteiger partial charge in [-0.2, -0.15) is 5.10 Å². The Morgan fingerprint density at radius 1 is 1.24 bits per heavy atom. The van der Waals surface area contributed by atoms with Crippen LogP contribution in [0.3, 0.4) is 0 Å². The summed E-state index contributed by atoms with van der Waals surface area (Å²) in [6.07, 6.45) is 0. The van der Waals surface area contributed by atoms with Crippen molar-refractivity contribution in [1.29, 1.82) is 0 Å². The molecular weight excluding hydrogens is 336 g/mol. The number of para-hydroxylation sites is 1. The molecule has 1 N–H and O–H groups in total. The minimum atomic E-state index is -0.231. The number of pyridine rings is 1. The van der Waals surface area contributed by atoms with Crippen molar-refractivity contribution in [2.24, 2.45) is 14.1 Å². The van der Waals surface area contributed by atoms with Crippen LogP contribution in [0.25, 0.3) is 10.9 Å². The Balaban J connectivity index is 1.99. The Kier molecular flexibility index (Phi) is 3.68. The van der Waals surface area contributed by atoms with Crippen molar-refractivity contribution < 1.29 is 4.79 Å². The number of nitrogens with zero attached hydrogens (tertiary/aromatic N) is 3. The smallest absolute Gasteiger partial charge is 0.255 e. The molecule has 128 valence electrons. The molecular formula is C18H18N4O2S. The highest BCUT2D eigenvalue weighted by atomic mass is 32.2. The van der Waals surface area contributed by atoms with Gasteiger partial charge < -0.3 is 9.88 Å². The highest BCUT2D eigenvalue weighted by Gasteiger charge is 2.31. The van der Waals surface area contributed by atoms with Crippen LogP contribution in [-0.4, -0.2) is 26.0 Å². The van der Waals surface area contributed by atoms with Gasteiger partial charge in [0.2, 0.25) is 5.91 Å². The molecule has 0 saturated carbocycles. The molecule has 0 aliphatic carbocycles. The van der Waals surface area contributed by atoms with Gasteiger partial charge in [0.25, 0.3) is 5.56 Å². The standard InChI is InChI=1S/C18H18N4O2S/c1-10-15-16(25-9-14(23)19-17(15)22(3)20-10)12-8-11-6-4-5-7-13(11)21(2)18(12)24/h4-8,16H,9H2,1-3H3,(H,19,23)/t16-/m1/s1. The van der Waals surface area contributed by atoms with Gasteiger partial charge in [-0.1, -0.05) is 18.2 Å². The molecule has 0 unspecified atom stereocenters. The maximum absolute atomic E-state index is 13.0. The van der Waals surface area contributed by atoms with Crippen LogP contribution in [0.5, 0.6) is 0 Å². The van der Waals surface area contributed by atoms with Gasteiger partial charge in [-0.05, 0) is 24.4 Å². The summed E-state index contributed by atoms with van der Waals surface area (Å²) in [5.74, 6) is 0.900. The summed E-state index contributed by atoms with van der Waals surface area (Å²) in [7, 11) is 3.59. The fourth-order valence-corrected chi connectivity index (χ4v) is 4.62. The van der Waals surface area contributed by atoms with Crippen LogP contribution >= 0.6 is 11.8 Å². The number of carbonyl (C=O) groups is 1. The number of thioether (sulfide) groups is 1. The summed E-state index contributed by atoms with van der Waals surface area (Å²) in [5.41, 5.74) is 3.27. The first-order chi connectivity index (χ1) is 12.0. The molecule has 0 spiro atoms. The molecule has 1 aliphatic heterocycles. The summed E-state index contributed by atoms with van der Waals surface area (Å²) in [6, 6.07) is 9.77. The third-order valence-electron chi connectivity index (χ3n) is 4.61. The number of nitrogens with one attached hydrogen (secondary N) is 1. The zero-order chi connectivity index (χ0) is 17.7. The summed E-state index contributed by atoms with van der Waals surface area (Å²) in [4.78, 5) is 25.1. The summed E-state index contributed by atoms with van der Waals surface area (Å²) < 4.78 is 3.35. The van der Waals surface area contributed by atoms with E-state index in [1.165, 1.54) is 11.8 Å². The van der Waals surface area contributed by atoms with Crippen LogP contribution in [0.2, 0.25) is 0 Å². The van der Waals surface area contributed by atoms with E-state index in [1.54, 1.807) is 23.3 Å². The normalized spacial score (nSPS) is 17.2. The van der Waals surface area contributed by atoms with Crippen LogP contribution < -0.4 is 10.9 Å². The second-order valence-electron chi connectivity index (χ2n) is 6.23. The van der Waals surface area contributed by atoms with Crippen molar-refractivity contribution in [2.75, 3.05) is 11.1 Å². The Labute approximate surface area is 148 Å². The zero-order valence-corrected chi connectivity index (χ0v) is 15.1.